The smallest absolute Gasteiger partial charge is 0.407 e. The quantitative estimate of drug-likeness (QED) is 0.439. The van der Waals surface area contributed by atoms with Crippen molar-refractivity contribution in [2.75, 3.05) is 24.9 Å². The first kappa shape index (κ1) is 27.3. The first-order chi connectivity index (χ1) is 18.0. The molecule has 0 saturated carbocycles. The molecule has 0 spiro atoms. The third-order valence-electron chi connectivity index (χ3n) is 5.77. The van der Waals surface area contributed by atoms with Crippen LogP contribution in [-0.2, 0) is 4.74 Å². The molecule has 4 rings (SSSR count). The maximum absolute atomic E-state index is 13.2. The topological polar surface area (TPSA) is 106 Å². The maximum atomic E-state index is 13.2. The number of benzene rings is 2. The number of amides is 2. The highest BCUT2D eigenvalue weighted by Crippen LogP contribution is 2.30. The van der Waals surface area contributed by atoms with Gasteiger partial charge >= 0.3 is 6.09 Å². The Labute approximate surface area is 227 Å². The van der Waals surface area contributed by atoms with Crippen molar-refractivity contribution in [3.8, 4) is 17.1 Å². The summed E-state index contributed by atoms with van der Waals surface area (Å²) in [6.45, 7) is 9.77. The number of hydrogen-bond acceptors (Lipinski definition) is 8. The van der Waals surface area contributed by atoms with Gasteiger partial charge in [-0.05, 0) is 75.9 Å². The van der Waals surface area contributed by atoms with E-state index in [1.165, 1.54) is 11.9 Å². The number of aryl methyl sites for hydroxylation is 2. The third-order valence-corrected chi connectivity index (χ3v) is 6.54. The Morgan fingerprint density at radius 3 is 2.58 bits per heavy atom. The molecule has 0 radical (unpaired) electrons. The maximum Gasteiger partial charge on any atom is 0.407 e. The summed E-state index contributed by atoms with van der Waals surface area (Å²) in [6.07, 6.45) is -1.18. The molecule has 1 aliphatic heterocycles. The van der Waals surface area contributed by atoms with E-state index in [1.807, 2.05) is 50.2 Å². The molecule has 1 aliphatic rings. The molecule has 0 aliphatic carbocycles. The molecule has 2 heterocycles. The van der Waals surface area contributed by atoms with Gasteiger partial charge in [0.2, 0.25) is 11.8 Å². The van der Waals surface area contributed by atoms with Crippen molar-refractivity contribution in [1.82, 2.24) is 20.2 Å². The SMILES string of the molecule is Cc1cccc(C)c1-c1cc2nc(n1)NSc1cccc(c1)C(=O)N(C)CC(CNC(=O)OC(C)(C)C)O2. The van der Waals surface area contributed by atoms with Crippen molar-refractivity contribution < 1.29 is 19.1 Å². The number of fused-ring (bicyclic) bond motifs is 4. The Balaban J connectivity index is 1.72. The van der Waals surface area contributed by atoms with Crippen molar-refractivity contribution in [2.24, 2.45) is 0 Å². The molecule has 1 atom stereocenters. The minimum absolute atomic E-state index is 0.104. The van der Waals surface area contributed by atoms with Crippen LogP contribution in [0.1, 0.15) is 42.3 Å². The van der Waals surface area contributed by atoms with E-state index < -0.39 is 17.8 Å². The second kappa shape index (κ2) is 11.3. The van der Waals surface area contributed by atoms with E-state index in [2.05, 4.69) is 15.0 Å². The molecule has 4 bridgehead atoms. The lowest BCUT2D eigenvalue weighted by Crippen LogP contribution is -2.45. The number of rotatable bonds is 3. The number of carbonyl (C=O) groups excluding carboxylic acids is 2. The van der Waals surface area contributed by atoms with Gasteiger partial charge in [-0.2, -0.15) is 4.98 Å². The van der Waals surface area contributed by atoms with Gasteiger partial charge in [-0.3, -0.25) is 9.52 Å². The van der Waals surface area contributed by atoms with Crippen LogP contribution in [-0.4, -0.2) is 58.7 Å². The van der Waals surface area contributed by atoms with Crippen LogP contribution in [0, 0.1) is 13.8 Å². The van der Waals surface area contributed by atoms with Gasteiger partial charge < -0.3 is 19.7 Å². The first-order valence-electron chi connectivity index (χ1n) is 12.4. The Morgan fingerprint density at radius 1 is 1.16 bits per heavy atom. The fraction of sp³-hybridized carbons (Fsp3) is 0.357. The van der Waals surface area contributed by atoms with Crippen LogP contribution in [0.4, 0.5) is 10.7 Å². The normalized spacial score (nSPS) is 15.8. The van der Waals surface area contributed by atoms with Gasteiger partial charge in [-0.15, -0.1) is 0 Å². The minimum atomic E-state index is -0.640. The lowest BCUT2D eigenvalue weighted by atomic mass is 10.00. The highest BCUT2D eigenvalue weighted by Gasteiger charge is 2.24. The summed E-state index contributed by atoms with van der Waals surface area (Å²) in [7, 11) is 1.71. The molecule has 0 saturated heterocycles. The summed E-state index contributed by atoms with van der Waals surface area (Å²) >= 11 is 1.31. The predicted molar refractivity (Wildman–Crippen MR) is 148 cm³/mol. The Bertz CT molecular complexity index is 1320. The third kappa shape index (κ3) is 6.95. The second-order valence-electron chi connectivity index (χ2n) is 10.2. The van der Waals surface area contributed by atoms with Crippen LogP contribution in [0.3, 0.4) is 0 Å². The summed E-state index contributed by atoms with van der Waals surface area (Å²) < 4.78 is 14.9. The molecule has 2 aromatic carbocycles. The van der Waals surface area contributed by atoms with Gasteiger partial charge in [0.05, 0.1) is 18.8 Å². The van der Waals surface area contributed by atoms with Crippen LogP contribution < -0.4 is 14.8 Å². The fourth-order valence-electron chi connectivity index (χ4n) is 4.11. The van der Waals surface area contributed by atoms with E-state index >= 15 is 0 Å². The number of hydrogen-bond donors (Lipinski definition) is 2. The van der Waals surface area contributed by atoms with Crippen molar-refractivity contribution >= 4 is 29.9 Å². The zero-order valence-corrected chi connectivity index (χ0v) is 23.3. The molecule has 2 N–H and O–H groups in total. The summed E-state index contributed by atoms with van der Waals surface area (Å²) in [6, 6.07) is 15.2. The minimum Gasteiger partial charge on any atom is -0.470 e. The summed E-state index contributed by atoms with van der Waals surface area (Å²) in [5, 5.41) is 2.76. The Hall–Kier alpha value is -3.79. The molecule has 0 fully saturated rings. The van der Waals surface area contributed by atoms with Gasteiger partial charge in [0, 0.05) is 29.1 Å². The van der Waals surface area contributed by atoms with E-state index in [0.717, 1.165) is 21.6 Å². The van der Waals surface area contributed by atoms with Crippen LogP contribution in [0.5, 0.6) is 5.88 Å². The number of carbonyl (C=O) groups is 2. The van der Waals surface area contributed by atoms with Gasteiger partial charge in [0.15, 0.2) is 0 Å². The number of alkyl carbamates (subject to hydrolysis) is 1. The summed E-state index contributed by atoms with van der Waals surface area (Å²) in [4.78, 5) is 37.3. The molecule has 9 nitrogen and oxygen atoms in total. The number of ether oxygens (including phenoxy) is 2. The molecule has 10 heteroatoms. The number of nitrogens with one attached hydrogen (secondary N) is 2. The largest absolute Gasteiger partial charge is 0.470 e. The Morgan fingerprint density at radius 2 is 1.87 bits per heavy atom. The van der Waals surface area contributed by atoms with Crippen LogP contribution in [0.25, 0.3) is 11.3 Å². The zero-order valence-electron chi connectivity index (χ0n) is 22.5. The molecular weight excluding hydrogens is 502 g/mol. The number of likely N-dealkylation sites (N-methyl/N-ethyl adjacent to an activating group) is 1. The first-order valence-corrected chi connectivity index (χ1v) is 13.2. The lowest BCUT2D eigenvalue weighted by Gasteiger charge is -2.26. The van der Waals surface area contributed by atoms with E-state index in [-0.39, 0.29) is 19.0 Å². The van der Waals surface area contributed by atoms with E-state index in [0.29, 0.717) is 23.1 Å². The van der Waals surface area contributed by atoms with E-state index in [4.69, 9.17) is 14.5 Å². The molecule has 1 unspecified atom stereocenters. The summed E-state index contributed by atoms with van der Waals surface area (Å²) in [5.74, 6) is 0.531. The zero-order chi connectivity index (χ0) is 27.4. The lowest BCUT2D eigenvalue weighted by molar-refractivity contribution is 0.0483. The predicted octanol–water partition coefficient (Wildman–Crippen LogP) is 5.24. The van der Waals surface area contributed by atoms with Gasteiger partial charge in [0.25, 0.3) is 5.91 Å². The van der Waals surface area contributed by atoms with Crippen molar-refractivity contribution in [3.63, 3.8) is 0 Å². The standard InChI is InChI=1S/C28H33N5O4S/c1-17-9-7-10-18(2)24(17)22-14-23-31-26(30-22)32-38-21-12-8-11-19(13-21)25(34)33(6)16-20(36-23)15-29-27(35)37-28(3,4)5/h7-14,20H,15-16H2,1-6H3,(H,29,35)(H,30,31,32). The molecule has 38 heavy (non-hydrogen) atoms. The van der Waals surface area contributed by atoms with Crippen molar-refractivity contribution in [1.29, 1.82) is 0 Å². The summed E-state index contributed by atoms with van der Waals surface area (Å²) in [5.41, 5.74) is 3.76. The van der Waals surface area contributed by atoms with Gasteiger partial charge in [-0.25, -0.2) is 9.78 Å². The van der Waals surface area contributed by atoms with Gasteiger partial charge in [0.1, 0.15) is 11.7 Å². The number of anilines is 1. The fourth-order valence-corrected chi connectivity index (χ4v) is 4.74. The monoisotopic (exact) mass is 535 g/mol. The van der Waals surface area contributed by atoms with Crippen molar-refractivity contribution in [3.05, 3.63) is 65.2 Å². The van der Waals surface area contributed by atoms with Crippen LogP contribution in [0.2, 0.25) is 0 Å². The number of aromatic nitrogens is 2. The number of nitrogens with zero attached hydrogens (tertiary/aromatic N) is 3. The van der Waals surface area contributed by atoms with Crippen molar-refractivity contribution in [2.45, 2.75) is 51.2 Å². The highest BCUT2D eigenvalue weighted by atomic mass is 32.2. The van der Waals surface area contributed by atoms with Gasteiger partial charge in [-0.1, -0.05) is 24.3 Å². The van der Waals surface area contributed by atoms with Crippen LogP contribution >= 0.6 is 11.9 Å². The average Bonchev–Trinajstić information content (AvgIpc) is 2.84. The molecule has 2 amide bonds. The molecule has 1 aromatic heterocycles. The molecular formula is C28H33N5O4S. The average molecular weight is 536 g/mol. The molecule has 3 aromatic rings. The Kier molecular flexibility index (Phi) is 8.11. The second-order valence-corrected chi connectivity index (χ2v) is 11.1. The highest BCUT2D eigenvalue weighted by molar-refractivity contribution is 8.00. The van der Waals surface area contributed by atoms with Crippen LogP contribution in [0.15, 0.2) is 53.4 Å². The van der Waals surface area contributed by atoms with E-state index in [1.54, 1.807) is 44.9 Å². The van der Waals surface area contributed by atoms with E-state index in [9.17, 15) is 9.59 Å². The molecule has 200 valence electrons.